The van der Waals surface area contributed by atoms with Crippen molar-refractivity contribution in [2.45, 2.75) is 31.8 Å². The maximum absolute atomic E-state index is 9.94. The molecule has 3 atom stereocenters. The molecule has 2 aliphatic heterocycles. The number of likely N-dealkylation sites (tertiary alicyclic amines) is 1. The molecule has 5 heteroatoms. The van der Waals surface area contributed by atoms with E-state index in [0.29, 0.717) is 6.61 Å². The molecule has 33 heavy (non-hydrogen) atoms. The SMILES string of the molecule is C[C@@H]1CCN(CCOc2ccc([C@H]3Oc4ccc(O)cc4C[C@H]3c3ccc(O)cc3)cc2)C1. The van der Waals surface area contributed by atoms with E-state index in [0.717, 1.165) is 47.1 Å². The molecule has 0 spiro atoms. The zero-order valence-corrected chi connectivity index (χ0v) is 19.0. The van der Waals surface area contributed by atoms with Crippen LogP contribution >= 0.6 is 0 Å². The van der Waals surface area contributed by atoms with Crippen molar-refractivity contribution in [1.82, 2.24) is 4.90 Å². The summed E-state index contributed by atoms with van der Waals surface area (Å²) < 4.78 is 12.4. The van der Waals surface area contributed by atoms with E-state index in [-0.39, 0.29) is 23.5 Å². The van der Waals surface area contributed by atoms with E-state index in [2.05, 4.69) is 24.0 Å². The summed E-state index contributed by atoms with van der Waals surface area (Å²) in [7, 11) is 0. The Morgan fingerprint density at radius 3 is 2.39 bits per heavy atom. The average molecular weight is 446 g/mol. The lowest BCUT2D eigenvalue weighted by molar-refractivity contribution is 0.151. The zero-order chi connectivity index (χ0) is 22.8. The number of phenols is 2. The van der Waals surface area contributed by atoms with Gasteiger partial charge in [-0.25, -0.2) is 0 Å². The molecule has 1 saturated heterocycles. The van der Waals surface area contributed by atoms with Gasteiger partial charge in [-0.1, -0.05) is 31.2 Å². The van der Waals surface area contributed by atoms with Crippen LogP contribution in [0.4, 0.5) is 0 Å². The third kappa shape index (κ3) is 4.93. The first-order chi connectivity index (χ1) is 16.0. The molecular weight excluding hydrogens is 414 g/mol. The Bertz CT molecular complexity index is 1080. The number of hydrogen-bond acceptors (Lipinski definition) is 5. The van der Waals surface area contributed by atoms with Crippen LogP contribution in [0.15, 0.2) is 66.7 Å². The normalized spacial score (nSPS) is 22.5. The summed E-state index contributed by atoms with van der Waals surface area (Å²) in [5, 5.41) is 19.7. The second-order valence-electron chi connectivity index (χ2n) is 9.34. The van der Waals surface area contributed by atoms with Crippen LogP contribution in [0.2, 0.25) is 0 Å². The van der Waals surface area contributed by atoms with Crippen molar-refractivity contribution in [3.63, 3.8) is 0 Å². The molecule has 3 aromatic rings. The van der Waals surface area contributed by atoms with E-state index in [4.69, 9.17) is 9.47 Å². The predicted octanol–water partition coefficient (Wildman–Crippen LogP) is 5.28. The Balaban J connectivity index is 1.32. The first-order valence-electron chi connectivity index (χ1n) is 11.8. The van der Waals surface area contributed by atoms with Crippen molar-refractivity contribution in [3.05, 3.63) is 83.4 Å². The lowest BCUT2D eigenvalue weighted by atomic mass is 9.82. The summed E-state index contributed by atoms with van der Waals surface area (Å²) >= 11 is 0. The van der Waals surface area contributed by atoms with Gasteiger partial charge in [0.05, 0.1) is 0 Å². The first-order valence-corrected chi connectivity index (χ1v) is 11.8. The molecule has 2 N–H and O–H groups in total. The third-order valence-corrected chi connectivity index (χ3v) is 6.82. The highest BCUT2D eigenvalue weighted by atomic mass is 16.5. The Hall–Kier alpha value is -3.18. The highest BCUT2D eigenvalue weighted by Gasteiger charge is 2.33. The fourth-order valence-electron chi connectivity index (χ4n) is 4.99. The molecule has 5 nitrogen and oxygen atoms in total. The van der Waals surface area contributed by atoms with Gasteiger partial charge in [0.2, 0.25) is 0 Å². The van der Waals surface area contributed by atoms with Gasteiger partial charge in [-0.15, -0.1) is 0 Å². The van der Waals surface area contributed by atoms with Crippen LogP contribution in [0.1, 0.15) is 42.1 Å². The maximum atomic E-state index is 9.94. The largest absolute Gasteiger partial charge is 0.508 e. The number of benzene rings is 3. The number of fused-ring (bicyclic) bond motifs is 1. The highest BCUT2D eigenvalue weighted by Crippen LogP contribution is 2.45. The summed E-state index contributed by atoms with van der Waals surface area (Å²) in [5.74, 6) is 3.00. The fourth-order valence-corrected chi connectivity index (χ4v) is 4.99. The lowest BCUT2D eigenvalue weighted by Gasteiger charge is -2.34. The van der Waals surface area contributed by atoms with Crippen LogP contribution in [-0.2, 0) is 6.42 Å². The fraction of sp³-hybridized carbons (Fsp3) is 0.357. The van der Waals surface area contributed by atoms with E-state index in [1.807, 2.05) is 30.3 Å². The van der Waals surface area contributed by atoms with E-state index in [1.165, 1.54) is 19.5 Å². The third-order valence-electron chi connectivity index (χ3n) is 6.82. The van der Waals surface area contributed by atoms with Gasteiger partial charge in [0.1, 0.15) is 35.7 Å². The molecule has 3 aromatic carbocycles. The molecule has 0 aliphatic carbocycles. The minimum absolute atomic E-state index is 0.0591. The molecule has 1 fully saturated rings. The van der Waals surface area contributed by atoms with Gasteiger partial charge in [0.15, 0.2) is 0 Å². The lowest BCUT2D eigenvalue weighted by Crippen LogP contribution is -2.26. The number of nitrogens with zero attached hydrogens (tertiary/aromatic N) is 1. The number of ether oxygens (including phenoxy) is 2. The number of phenolic OH excluding ortho intramolecular Hbond substituents is 2. The average Bonchev–Trinajstić information content (AvgIpc) is 3.24. The standard InChI is InChI=1S/C28H31NO4/c1-19-12-13-29(18-19)14-15-32-25-9-4-21(5-10-25)28-26(20-2-6-23(30)7-3-20)17-22-16-24(31)8-11-27(22)33-28/h2-11,16,19,26,28,30-31H,12-15,17-18H2,1H3/t19-,26+,28-/m1/s1. The Morgan fingerprint density at radius 1 is 0.939 bits per heavy atom. The van der Waals surface area contributed by atoms with E-state index >= 15 is 0 Å². The molecular formula is C28H31NO4. The Morgan fingerprint density at radius 2 is 1.67 bits per heavy atom. The van der Waals surface area contributed by atoms with Crippen LogP contribution < -0.4 is 9.47 Å². The highest BCUT2D eigenvalue weighted by molar-refractivity contribution is 5.45. The summed E-state index contributed by atoms with van der Waals surface area (Å²) in [6, 6.07) is 20.8. The van der Waals surface area contributed by atoms with E-state index < -0.39 is 0 Å². The van der Waals surface area contributed by atoms with Gasteiger partial charge in [-0.2, -0.15) is 0 Å². The molecule has 0 aromatic heterocycles. The van der Waals surface area contributed by atoms with Gasteiger partial charge in [-0.3, -0.25) is 4.90 Å². The van der Waals surface area contributed by atoms with Crippen LogP contribution in [-0.4, -0.2) is 41.4 Å². The number of aromatic hydroxyl groups is 2. The maximum Gasteiger partial charge on any atom is 0.131 e. The molecule has 0 amide bonds. The Labute approximate surface area is 195 Å². The smallest absolute Gasteiger partial charge is 0.131 e. The summed E-state index contributed by atoms with van der Waals surface area (Å²) in [6.45, 7) is 6.29. The number of hydrogen-bond donors (Lipinski definition) is 2. The minimum Gasteiger partial charge on any atom is -0.508 e. The molecule has 2 aliphatic rings. The van der Waals surface area contributed by atoms with Crippen molar-refractivity contribution >= 4 is 0 Å². The first kappa shape index (κ1) is 21.7. The second-order valence-corrected chi connectivity index (χ2v) is 9.34. The minimum atomic E-state index is -0.174. The van der Waals surface area contributed by atoms with Crippen LogP contribution in [0.25, 0.3) is 0 Å². The van der Waals surface area contributed by atoms with Gasteiger partial charge >= 0.3 is 0 Å². The summed E-state index contributed by atoms with van der Waals surface area (Å²) in [5.41, 5.74) is 3.15. The van der Waals surface area contributed by atoms with Gasteiger partial charge in [-0.05, 0) is 84.5 Å². The van der Waals surface area contributed by atoms with E-state index in [1.54, 1.807) is 24.3 Å². The molecule has 0 unspecified atom stereocenters. The Kier molecular flexibility index (Phi) is 6.14. The van der Waals surface area contributed by atoms with Crippen molar-refractivity contribution in [2.24, 2.45) is 5.92 Å². The molecule has 0 saturated carbocycles. The topological polar surface area (TPSA) is 62.2 Å². The molecule has 5 rings (SSSR count). The monoisotopic (exact) mass is 445 g/mol. The quantitative estimate of drug-likeness (QED) is 0.541. The van der Waals surface area contributed by atoms with Gasteiger partial charge < -0.3 is 19.7 Å². The molecule has 0 radical (unpaired) electrons. The number of rotatable bonds is 6. The summed E-state index contributed by atoms with van der Waals surface area (Å²) in [4.78, 5) is 2.46. The van der Waals surface area contributed by atoms with Gasteiger partial charge in [0, 0.05) is 19.0 Å². The van der Waals surface area contributed by atoms with Crippen molar-refractivity contribution in [3.8, 4) is 23.0 Å². The molecule has 2 heterocycles. The summed E-state index contributed by atoms with van der Waals surface area (Å²) in [6.07, 6.45) is 1.85. The predicted molar refractivity (Wildman–Crippen MR) is 128 cm³/mol. The van der Waals surface area contributed by atoms with Crippen molar-refractivity contribution < 1.29 is 19.7 Å². The van der Waals surface area contributed by atoms with Crippen LogP contribution in [0.3, 0.4) is 0 Å². The van der Waals surface area contributed by atoms with Crippen molar-refractivity contribution in [2.75, 3.05) is 26.2 Å². The van der Waals surface area contributed by atoms with Crippen LogP contribution in [0.5, 0.6) is 23.0 Å². The van der Waals surface area contributed by atoms with Crippen LogP contribution in [0, 0.1) is 5.92 Å². The molecule has 172 valence electrons. The van der Waals surface area contributed by atoms with Crippen molar-refractivity contribution in [1.29, 1.82) is 0 Å². The molecule has 0 bridgehead atoms. The second kappa shape index (κ2) is 9.36. The van der Waals surface area contributed by atoms with Gasteiger partial charge in [0.25, 0.3) is 0 Å². The zero-order valence-electron chi connectivity index (χ0n) is 19.0. The van der Waals surface area contributed by atoms with E-state index in [9.17, 15) is 10.2 Å².